The first-order valence-corrected chi connectivity index (χ1v) is 10.3. The quantitative estimate of drug-likeness (QED) is 0.258. The average molecular weight is 324 g/mol. The van der Waals surface area contributed by atoms with Crippen LogP contribution in [-0.2, 0) is 4.74 Å². The van der Waals surface area contributed by atoms with Gasteiger partial charge in [0.25, 0.3) is 0 Å². The minimum atomic E-state index is 0.406. The maximum Gasteiger partial charge on any atom is 0.110 e. The zero-order valence-electron chi connectivity index (χ0n) is 15.9. The molecular formula is C21H41NO. The van der Waals surface area contributed by atoms with Crippen molar-refractivity contribution in [2.45, 2.75) is 103 Å². The summed E-state index contributed by atoms with van der Waals surface area (Å²) in [6.07, 6.45) is 23.9. The lowest BCUT2D eigenvalue weighted by Gasteiger charge is -2.19. The van der Waals surface area contributed by atoms with E-state index in [1.165, 1.54) is 96.4 Å². The predicted octanol–water partition coefficient (Wildman–Crippen LogP) is 6.31. The number of nitrogens with zero attached hydrogens (tertiary/aromatic N) is 1. The highest BCUT2D eigenvalue weighted by Crippen LogP contribution is 2.16. The lowest BCUT2D eigenvalue weighted by Crippen LogP contribution is -2.27. The fourth-order valence-electron chi connectivity index (χ4n) is 3.31. The second-order valence-electron chi connectivity index (χ2n) is 7.18. The number of hydrogen-bond donors (Lipinski definition) is 0. The molecule has 1 aliphatic rings. The van der Waals surface area contributed by atoms with Crippen LogP contribution in [0, 0.1) is 0 Å². The molecule has 0 aromatic carbocycles. The molecule has 0 spiro atoms. The molecule has 0 amide bonds. The van der Waals surface area contributed by atoms with Crippen molar-refractivity contribution in [3.05, 3.63) is 12.2 Å². The molecule has 136 valence electrons. The summed E-state index contributed by atoms with van der Waals surface area (Å²) in [7, 11) is 2.18. The highest BCUT2D eigenvalue weighted by molar-refractivity contribution is 4.81. The Kier molecular flexibility index (Phi) is 13.7. The number of rotatable bonds is 15. The van der Waals surface area contributed by atoms with Crippen LogP contribution in [0.4, 0.5) is 0 Å². The van der Waals surface area contributed by atoms with Crippen molar-refractivity contribution in [3.63, 3.8) is 0 Å². The van der Waals surface area contributed by atoms with E-state index in [0.29, 0.717) is 6.23 Å². The molecule has 0 aromatic heterocycles. The normalized spacial score (nSPS) is 19.1. The molecule has 1 heterocycles. The van der Waals surface area contributed by atoms with Gasteiger partial charge in [-0.05, 0) is 52.0 Å². The third-order valence-electron chi connectivity index (χ3n) is 4.92. The van der Waals surface area contributed by atoms with Gasteiger partial charge >= 0.3 is 0 Å². The Morgan fingerprint density at radius 3 is 2.09 bits per heavy atom. The van der Waals surface area contributed by atoms with E-state index in [-0.39, 0.29) is 0 Å². The van der Waals surface area contributed by atoms with Crippen molar-refractivity contribution < 1.29 is 4.74 Å². The molecule has 0 saturated carbocycles. The molecule has 1 atom stereocenters. The summed E-state index contributed by atoms with van der Waals surface area (Å²) >= 11 is 0. The predicted molar refractivity (Wildman–Crippen MR) is 102 cm³/mol. The second-order valence-corrected chi connectivity index (χ2v) is 7.18. The number of allylic oxidation sites excluding steroid dienone is 2. The molecule has 2 nitrogen and oxygen atoms in total. The first-order chi connectivity index (χ1) is 11.3. The zero-order valence-corrected chi connectivity index (χ0v) is 15.9. The van der Waals surface area contributed by atoms with Gasteiger partial charge in [-0.3, -0.25) is 4.90 Å². The van der Waals surface area contributed by atoms with E-state index >= 15 is 0 Å². The molecule has 1 rings (SSSR count). The van der Waals surface area contributed by atoms with E-state index in [2.05, 4.69) is 31.0 Å². The van der Waals surface area contributed by atoms with Crippen LogP contribution in [-0.4, -0.2) is 31.3 Å². The van der Waals surface area contributed by atoms with Gasteiger partial charge in [0, 0.05) is 13.2 Å². The van der Waals surface area contributed by atoms with Crippen LogP contribution in [0.5, 0.6) is 0 Å². The maximum atomic E-state index is 5.94. The van der Waals surface area contributed by atoms with Crippen LogP contribution in [0.25, 0.3) is 0 Å². The topological polar surface area (TPSA) is 12.5 Å². The smallest absolute Gasteiger partial charge is 0.110 e. The summed E-state index contributed by atoms with van der Waals surface area (Å²) in [4.78, 5) is 2.34. The first-order valence-electron chi connectivity index (χ1n) is 10.3. The molecule has 2 heteroatoms. The second kappa shape index (κ2) is 15.2. The lowest BCUT2D eigenvalue weighted by atomic mass is 10.1. The molecule has 0 aliphatic carbocycles. The number of ether oxygens (including phenoxy) is 1. The van der Waals surface area contributed by atoms with E-state index in [4.69, 9.17) is 4.74 Å². The molecule has 0 bridgehead atoms. The highest BCUT2D eigenvalue weighted by Gasteiger charge is 2.20. The van der Waals surface area contributed by atoms with Crippen molar-refractivity contribution >= 4 is 0 Å². The Hall–Kier alpha value is -0.340. The van der Waals surface area contributed by atoms with Gasteiger partial charge in [-0.2, -0.15) is 0 Å². The molecule has 0 radical (unpaired) electrons. The first kappa shape index (κ1) is 20.7. The SMILES string of the molecule is CCCCCC/C=C\CCCCCCCCOC1CCCN1C. The van der Waals surface area contributed by atoms with Crippen molar-refractivity contribution in [2.75, 3.05) is 20.2 Å². The average Bonchev–Trinajstić information content (AvgIpc) is 2.96. The Morgan fingerprint density at radius 1 is 0.870 bits per heavy atom. The number of unbranched alkanes of at least 4 members (excludes halogenated alkanes) is 10. The molecule has 23 heavy (non-hydrogen) atoms. The van der Waals surface area contributed by atoms with Gasteiger partial charge < -0.3 is 4.74 Å². The van der Waals surface area contributed by atoms with Crippen LogP contribution in [0.1, 0.15) is 96.8 Å². The van der Waals surface area contributed by atoms with Gasteiger partial charge in [0.1, 0.15) is 6.23 Å². The molecular weight excluding hydrogens is 282 g/mol. The number of likely N-dealkylation sites (tertiary alicyclic amines) is 1. The summed E-state index contributed by atoms with van der Waals surface area (Å²) in [5.41, 5.74) is 0. The van der Waals surface area contributed by atoms with E-state index in [1.54, 1.807) is 0 Å². The fourth-order valence-corrected chi connectivity index (χ4v) is 3.31. The molecule has 1 fully saturated rings. The fraction of sp³-hybridized carbons (Fsp3) is 0.905. The summed E-state index contributed by atoms with van der Waals surface area (Å²) in [5, 5.41) is 0. The largest absolute Gasteiger partial charge is 0.363 e. The van der Waals surface area contributed by atoms with Gasteiger partial charge in [-0.25, -0.2) is 0 Å². The van der Waals surface area contributed by atoms with Gasteiger partial charge in [0.2, 0.25) is 0 Å². The number of hydrogen-bond acceptors (Lipinski definition) is 2. The molecule has 0 N–H and O–H groups in total. The molecule has 1 unspecified atom stereocenters. The van der Waals surface area contributed by atoms with E-state index in [0.717, 1.165) is 6.61 Å². The minimum Gasteiger partial charge on any atom is -0.363 e. The summed E-state index contributed by atoms with van der Waals surface area (Å²) in [6.45, 7) is 4.44. The standard InChI is InChI=1S/C21H41NO/c1-3-4-5-6-7-8-9-10-11-12-13-14-15-16-20-23-21-18-17-19-22(21)2/h8-9,21H,3-7,10-20H2,1-2H3/b9-8-. The third-order valence-corrected chi connectivity index (χ3v) is 4.92. The van der Waals surface area contributed by atoms with Crippen LogP contribution < -0.4 is 0 Å². The zero-order chi connectivity index (χ0) is 16.6. The van der Waals surface area contributed by atoms with Crippen LogP contribution in [0.3, 0.4) is 0 Å². The van der Waals surface area contributed by atoms with Crippen molar-refractivity contribution in [1.82, 2.24) is 4.90 Å². The summed E-state index contributed by atoms with van der Waals surface area (Å²) in [5.74, 6) is 0. The van der Waals surface area contributed by atoms with Gasteiger partial charge in [-0.15, -0.1) is 0 Å². The van der Waals surface area contributed by atoms with Crippen molar-refractivity contribution in [3.8, 4) is 0 Å². The molecule has 1 saturated heterocycles. The van der Waals surface area contributed by atoms with Gasteiger partial charge in [0.05, 0.1) is 0 Å². The Labute approximate surface area is 145 Å². The van der Waals surface area contributed by atoms with Crippen LogP contribution in [0.2, 0.25) is 0 Å². The van der Waals surface area contributed by atoms with E-state index in [1.807, 2.05) is 0 Å². The highest BCUT2D eigenvalue weighted by atomic mass is 16.5. The van der Waals surface area contributed by atoms with E-state index < -0.39 is 0 Å². The Balaban J connectivity index is 1.73. The summed E-state index contributed by atoms with van der Waals surface area (Å²) in [6, 6.07) is 0. The summed E-state index contributed by atoms with van der Waals surface area (Å²) < 4.78 is 5.94. The van der Waals surface area contributed by atoms with E-state index in [9.17, 15) is 0 Å². The van der Waals surface area contributed by atoms with Crippen LogP contribution >= 0.6 is 0 Å². The Bertz CT molecular complexity index is 277. The minimum absolute atomic E-state index is 0.406. The Morgan fingerprint density at radius 2 is 1.48 bits per heavy atom. The van der Waals surface area contributed by atoms with Gasteiger partial charge in [-0.1, -0.05) is 64.0 Å². The van der Waals surface area contributed by atoms with Crippen molar-refractivity contribution in [2.24, 2.45) is 0 Å². The van der Waals surface area contributed by atoms with Gasteiger partial charge in [0.15, 0.2) is 0 Å². The third kappa shape index (κ3) is 11.8. The maximum absolute atomic E-state index is 5.94. The van der Waals surface area contributed by atoms with Crippen LogP contribution in [0.15, 0.2) is 12.2 Å². The lowest BCUT2D eigenvalue weighted by molar-refractivity contribution is -0.0249. The molecule has 0 aromatic rings. The molecule has 1 aliphatic heterocycles. The van der Waals surface area contributed by atoms with Crippen molar-refractivity contribution in [1.29, 1.82) is 0 Å². The monoisotopic (exact) mass is 323 g/mol.